The topological polar surface area (TPSA) is 64.6 Å². The fraction of sp³-hybridized carbons (Fsp3) is 0.368. The number of benzene rings is 2. The van der Waals surface area contributed by atoms with Gasteiger partial charge in [0.15, 0.2) is 0 Å². The smallest absolute Gasteiger partial charge is 0.235 e. The largest absolute Gasteiger partial charge is 0.497 e. The molecule has 5 nitrogen and oxygen atoms in total. The van der Waals surface area contributed by atoms with Gasteiger partial charge in [0.1, 0.15) is 11.5 Å². The van der Waals surface area contributed by atoms with Gasteiger partial charge in [-0.05, 0) is 67.1 Å². The average Bonchev–Trinajstić information content (AvgIpc) is 3.46. The van der Waals surface area contributed by atoms with Gasteiger partial charge < -0.3 is 9.47 Å². The Labute approximate surface area is 149 Å². The van der Waals surface area contributed by atoms with Gasteiger partial charge in [-0.25, -0.2) is 8.42 Å². The minimum atomic E-state index is -3.26. The van der Waals surface area contributed by atoms with E-state index in [9.17, 15) is 8.42 Å². The molecule has 1 N–H and O–H groups in total. The Bertz CT molecular complexity index is 827. The third-order valence-corrected chi connectivity index (χ3v) is 6.22. The van der Waals surface area contributed by atoms with Crippen LogP contribution < -0.4 is 14.2 Å². The number of methoxy groups -OCH3 is 2. The van der Waals surface area contributed by atoms with Crippen molar-refractivity contribution < 1.29 is 17.9 Å². The van der Waals surface area contributed by atoms with E-state index in [1.54, 1.807) is 20.3 Å². The van der Waals surface area contributed by atoms with E-state index >= 15 is 0 Å². The zero-order valence-electron chi connectivity index (χ0n) is 14.5. The van der Waals surface area contributed by atoms with Crippen LogP contribution in [0, 0.1) is 0 Å². The van der Waals surface area contributed by atoms with Crippen LogP contribution in [-0.2, 0) is 22.9 Å². The highest BCUT2D eigenvalue weighted by Gasteiger charge is 2.35. The molecule has 0 aliphatic heterocycles. The fourth-order valence-corrected chi connectivity index (χ4v) is 4.11. The van der Waals surface area contributed by atoms with Gasteiger partial charge in [-0.2, -0.15) is 0 Å². The van der Waals surface area contributed by atoms with Crippen LogP contribution in [0.15, 0.2) is 42.5 Å². The predicted molar refractivity (Wildman–Crippen MR) is 99.0 cm³/mol. The summed E-state index contributed by atoms with van der Waals surface area (Å²) in [6.07, 6.45) is 3.08. The maximum Gasteiger partial charge on any atom is 0.235 e. The van der Waals surface area contributed by atoms with E-state index in [4.69, 9.17) is 9.47 Å². The lowest BCUT2D eigenvalue weighted by atomic mass is 10.0. The van der Waals surface area contributed by atoms with Crippen LogP contribution in [-0.4, -0.2) is 27.9 Å². The van der Waals surface area contributed by atoms with Crippen molar-refractivity contribution in [3.05, 3.63) is 53.6 Å². The zero-order chi connectivity index (χ0) is 17.9. The average molecular weight is 361 g/mol. The van der Waals surface area contributed by atoms with E-state index in [1.807, 2.05) is 36.4 Å². The van der Waals surface area contributed by atoms with Gasteiger partial charge in [0, 0.05) is 5.69 Å². The second kappa shape index (κ2) is 7.35. The zero-order valence-corrected chi connectivity index (χ0v) is 15.3. The van der Waals surface area contributed by atoms with E-state index in [0.717, 1.165) is 42.7 Å². The molecule has 25 heavy (non-hydrogen) atoms. The molecule has 0 amide bonds. The highest BCUT2D eigenvalue weighted by atomic mass is 32.2. The Kier molecular flexibility index (Phi) is 5.18. The van der Waals surface area contributed by atoms with Crippen LogP contribution in [0.5, 0.6) is 11.5 Å². The molecule has 3 rings (SSSR count). The van der Waals surface area contributed by atoms with Gasteiger partial charge in [-0.3, -0.25) is 4.72 Å². The molecule has 0 spiro atoms. The SMILES string of the molecule is COc1ccc(CCc2cc(NS(=O)(=O)C3CC3)ccc2OC)cc1. The van der Waals surface area contributed by atoms with E-state index in [-0.39, 0.29) is 5.25 Å². The monoisotopic (exact) mass is 361 g/mol. The Morgan fingerprint density at radius 3 is 2.32 bits per heavy atom. The fourth-order valence-electron chi connectivity index (χ4n) is 2.73. The molecule has 0 radical (unpaired) electrons. The molecule has 1 aliphatic carbocycles. The number of aryl methyl sites for hydroxylation is 2. The van der Waals surface area contributed by atoms with Gasteiger partial charge in [0.2, 0.25) is 10.0 Å². The van der Waals surface area contributed by atoms with Gasteiger partial charge in [-0.1, -0.05) is 12.1 Å². The highest BCUT2D eigenvalue weighted by Crippen LogP contribution is 2.31. The lowest BCUT2D eigenvalue weighted by Crippen LogP contribution is -2.17. The summed E-state index contributed by atoms with van der Waals surface area (Å²) < 4.78 is 37.5. The maximum atomic E-state index is 12.1. The van der Waals surface area contributed by atoms with Crippen LogP contribution in [0.25, 0.3) is 0 Å². The quantitative estimate of drug-likeness (QED) is 0.783. The van der Waals surface area contributed by atoms with Crippen LogP contribution >= 0.6 is 0 Å². The summed E-state index contributed by atoms with van der Waals surface area (Å²) in [5.41, 5.74) is 2.76. The van der Waals surface area contributed by atoms with E-state index < -0.39 is 10.0 Å². The molecule has 1 aliphatic rings. The summed E-state index contributed by atoms with van der Waals surface area (Å²) in [6, 6.07) is 13.4. The normalized spacial score (nSPS) is 14.2. The summed E-state index contributed by atoms with van der Waals surface area (Å²) in [6.45, 7) is 0. The summed E-state index contributed by atoms with van der Waals surface area (Å²) in [5, 5.41) is -0.239. The van der Waals surface area contributed by atoms with E-state index in [2.05, 4.69) is 4.72 Å². The van der Waals surface area contributed by atoms with Crippen LogP contribution in [0.1, 0.15) is 24.0 Å². The number of anilines is 1. The lowest BCUT2D eigenvalue weighted by molar-refractivity contribution is 0.409. The molecular weight excluding hydrogens is 338 g/mol. The first kappa shape index (κ1) is 17.6. The molecular formula is C19H23NO4S. The maximum absolute atomic E-state index is 12.1. The van der Waals surface area contributed by atoms with Gasteiger partial charge >= 0.3 is 0 Å². The molecule has 0 bridgehead atoms. The standard InChI is InChI=1S/C19H23NO4S/c1-23-17-8-4-14(5-9-17)3-6-15-13-16(7-12-19(15)24-2)20-25(21,22)18-10-11-18/h4-5,7-9,12-13,18,20H,3,6,10-11H2,1-2H3. The number of hydrogen-bond donors (Lipinski definition) is 1. The third kappa shape index (κ3) is 4.45. The van der Waals surface area contributed by atoms with Crippen LogP contribution in [0.3, 0.4) is 0 Å². The van der Waals surface area contributed by atoms with E-state index in [1.165, 1.54) is 5.56 Å². The number of ether oxygens (including phenoxy) is 2. The molecule has 0 unspecified atom stereocenters. The van der Waals surface area contributed by atoms with Crippen molar-refractivity contribution in [1.82, 2.24) is 0 Å². The summed E-state index contributed by atoms with van der Waals surface area (Å²) in [5.74, 6) is 1.60. The minimum absolute atomic E-state index is 0.239. The summed E-state index contributed by atoms with van der Waals surface area (Å²) in [7, 11) is 0.0162. The first-order valence-electron chi connectivity index (χ1n) is 8.33. The number of rotatable bonds is 8. The van der Waals surface area contributed by atoms with Crippen LogP contribution in [0.4, 0.5) is 5.69 Å². The van der Waals surface area contributed by atoms with Gasteiger partial charge in [0.05, 0.1) is 19.5 Å². The summed E-state index contributed by atoms with van der Waals surface area (Å²) in [4.78, 5) is 0. The number of nitrogens with one attached hydrogen (secondary N) is 1. The highest BCUT2D eigenvalue weighted by molar-refractivity contribution is 7.93. The minimum Gasteiger partial charge on any atom is -0.497 e. The second-order valence-electron chi connectivity index (χ2n) is 6.22. The molecule has 1 fully saturated rings. The molecule has 0 atom stereocenters. The number of sulfonamides is 1. The number of hydrogen-bond acceptors (Lipinski definition) is 4. The van der Waals surface area contributed by atoms with Gasteiger partial charge in [-0.15, -0.1) is 0 Å². The molecule has 1 saturated carbocycles. The van der Waals surface area contributed by atoms with Crippen molar-refractivity contribution in [2.45, 2.75) is 30.9 Å². The molecule has 0 heterocycles. The second-order valence-corrected chi connectivity index (χ2v) is 8.18. The Hall–Kier alpha value is -2.21. The predicted octanol–water partition coefficient (Wildman–Crippen LogP) is 3.39. The van der Waals surface area contributed by atoms with Gasteiger partial charge in [0.25, 0.3) is 0 Å². The third-order valence-electron chi connectivity index (χ3n) is 4.35. The Balaban J connectivity index is 1.73. The van der Waals surface area contributed by atoms with Crippen molar-refractivity contribution >= 4 is 15.7 Å². The molecule has 2 aromatic rings. The van der Waals surface area contributed by atoms with Crippen molar-refractivity contribution in [3.8, 4) is 11.5 Å². The molecule has 6 heteroatoms. The molecule has 2 aromatic carbocycles. The Morgan fingerprint density at radius 1 is 1.00 bits per heavy atom. The van der Waals surface area contributed by atoms with Crippen molar-refractivity contribution in [3.63, 3.8) is 0 Å². The van der Waals surface area contributed by atoms with Crippen molar-refractivity contribution in [2.24, 2.45) is 0 Å². The van der Waals surface area contributed by atoms with Crippen molar-refractivity contribution in [2.75, 3.05) is 18.9 Å². The molecule has 0 saturated heterocycles. The molecule has 134 valence electrons. The van der Waals surface area contributed by atoms with Crippen LogP contribution in [0.2, 0.25) is 0 Å². The Morgan fingerprint density at radius 2 is 1.72 bits per heavy atom. The summed E-state index contributed by atoms with van der Waals surface area (Å²) >= 11 is 0. The first-order chi connectivity index (χ1) is 12.0. The lowest BCUT2D eigenvalue weighted by Gasteiger charge is -2.13. The van der Waals surface area contributed by atoms with Crippen molar-refractivity contribution in [1.29, 1.82) is 0 Å². The van der Waals surface area contributed by atoms with E-state index in [0.29, 0.717) is 5.69 Å². The molecule has 0 aromatic heterocycles. The first-order valence-corrected chi connectivity index (χ1v) is 9.88.